The topological polar surface area (TPSA) is 78.4 Å². The summed E-state index contributed by atoms with van der Waals surface area (Å²) in [7, 11) is 0. The number of carbonyl (C=O) groups is 1. The molecule has 0 radical (unpaired) electrons. The summed E-state index contributed by atoms with van der Waals surface area (Å²) in [6.07, 6.45) is 3.01. The van der Waals surface area contributed by atoms with Crippen molar-refractivity contribution in [1.82, 2.24) is 10.2 Å². The third-order valence-corrected chi connectivity index (χ3v) is 4.57. The second-order valence-electron chi connectivity index (χ2n) is 6.34. The van der Waals surface area contributed by atoms with Crippen molar-refractivity contribution in [3.05, 3.63) is 78.9 Å². The summed E-state index contributed by atoms with van der Waals surface area (Å²) in [4.78, 5) is 12.5. The molecule has 5 rings (SSSR count). The Labute approximate surface area is 159 Å². The minimum Gasteiger partial charge on any atom is -0.464 e. The molecule has 0 fully saturated rings. The molecule has 28 heavy (non-hydrogen) atoms. The van der Waals surface area contributed by atoms with E-state index in [1.165, 1.54) is 6.39 Å². The highest BCUT2D eigenvalue weighted by atomic mass is 16.5. The Bertz CT molecular complexity index is 1270. The number of esters is 1. The lowest BCUT2D eigenvalue weighted by molar-refractivity contribution is -0.133. The number of fused-ring (bicyclic) bond motifs is 3. The molecule has 2 heterocycles. The fourth-order valence-electron chi connectivity index (χ4n) is 3.29. The van der Waals surface area contributed by atoms with E-state index in [-0.39, 0.29) is 12.4 Å². The third-order valence-electron chi connectivity index (χ3n) is 4.57. The molecule has 0 unspecified atom stereocenters. The van der Waals surface area contributed by atoms with Crippen LogP contribution in [0.3, 0.4) is 0 Å². The van der Waals surface area contributed by atoms with Crippen LogP contribution in [0.1, 0.15) is 5.56 Å². The standard InChI is InChI=1S/C22H14N2O4/c25-20(28-17-8-5-15(6-9-17)22-24-23-13-27-22)11-16-12-26-19-10-7-14-3-1-2-4-18(14)21(16)19/h1-10,12-13H,11H2. The van der Waals surface area contributed by atoms with E-state index in [2.05, 4.69) is 10.2 Å². The summed E-state index contributed by atoms with van der Waals surface area (Å²) in [5.41, 5.74) is 2.31. The first-order valence-electron chi connectivity index (χ1n) is 8.73. The van der Waals surface area contributed by atoms with Gasteiger partial charge in [0.2, 0.25) is 12.3 Å². The van der Waals surface area contributed by atoms with E-state index in [0.29, 0.717) is 11.6 Å². The molecule has 2 aromatic heterocycles. The van der Waals surface area contributed by atoms with Crippen LogP contribution in [0, 0.1) is 0 Å². The van der Waals surface area contributed by atoms with Crippen molar-refractivity contribution in [3.63, 3.8) is 0 Å². The van der Waals surface area contributed by atoms with Gasteiger partial charge in [-0.15, -0.1) is 10.2 Å². The average molecular weight is 370 g/mol. The SMILES string of the molecule is O=C(Cc1coc2ccc3ccccc3c12)Oc1ccc(-c2nnco2)cc1. The van der Waals surface area contributed by atoms with Crippen LogP contribution in [0.5, 0.6) is 5.75 Å². The van der Waals surface area contributed by atoms with Gasteiger partial charge in [-0.3, -0.25) is 4.79 Å². The van der Waals surface area contributed by atoms with Gasteiger partial charge in [0.15, 0.2) is 0 Å². The summed E-state index contributed by atoms with van der Waals surface area (Å²) in [5, 5.41) is 10.6. The molecule has 3 aromatic carbocycles. The van der Waals surface area contributed by atoms with Gasteiger partial charge in [-0.1, -0.05) is 30.3 Å². The number of hydrogen-bond donors (Lipinski definition) is 0. The van der Waals surface area contributed by atoms with Gasteiger partial charge in [0.05, 0.1) is 12.7 Å². The number of nitrogens with zero attached hydrogens (tertiary/aromatic N) is 2. The molecular weight excluding hydrogens is 356 g/mol. The van der Waals surface area contributed by atoms with Crippen molar-refractivity contribution in [2.24, 2.45) is 0 Å². The summed E-state index contributed by atoms with van der Waals surface area (Å²) < 4.78 is 16.3. The normalized spacial score (nSPS) is 11.1. The molecule has 0 aliphatic carbocycles. The Morgan fingerprint density at radius 2 is 1.82 bits per heavy atom. The van der Waals surface area contributed by atoms with Crippen LogP contribution in [0.15, 0.2) is 82.2 Å². The first-order chi connectivity index (χ1) is 13.8. The zero-order valence-corrected chi connectivity index (χ0v) is 14.7. The number of furan rings is 1. The van der Waals surface area contributed by atoms with Crippen LogP contribution >= 0.6 is 0 Å². The van der Waals surface area contributed by atoms with Gasteiger partial charge in [-0.2, -0.15) is 0 Å². The van der Waals surface area contributed by atoms with Gasteiger partial charge in [-0.05, 0) is 41.1 Å². The van der Waals surface area contributed by atoms with Crippen molar-refractivity contribution in [2.45, 2.75) is 6.42 Å². The van der Waals surface area contributed by atoms with Crippen LogP contribution < -0.4 is 4.74 Å². The van der Waals surface area contributed by atoms with Crippen molar-refractivity contribution in [2.75, 3.05) is 0 Å². The Morgan fingerprint density at radius 3 is 2.64 bits per heavy atom. The van der Waals surface area contributed by atoms with Crippen LogP contribution in [-0.2, 0) is 11.2 Å². The van der Waals surface area contributed by atoms with Gasteiger partial charge in [0.1, 0.15) is 11.3 Å². The molecule has 0 saturated heterocycles. The Hall–Kier alpha value is -3.93. The lowest BCUT2D eigenvalue weighted by atomic mass is 10.0. The van der Waals surface area contributed by atoms with E-state index in [1.807, 2.05) is 36.4 Å². The number of benzene rings is 3. The highest BCUT2D eigenvalue weighted by Crippen LogP contribution is 2.30. The van der Waals surface area contributed by atoms with E-state index < -0.39 is 0 Å². The van der Waals surface area contributed by atoms with Gasteiger partial charge in [0.25, 0.3) is 0 Å². The molecule has 6 heteroatoms. The molecule has 0 amide bonds. The minimum atomic E-state index is -0.360. The molecule has 0 aliphatic rings. The van der Waals surface area contributed by atoms with E-state index in [1.54, 1.807) is 30.5 Å². The minimum absolute atomic E-state index is 0.117. The van der Waals surface area contributed by atoms with Crippen molar-refractivity contribution < 1.29 is 18.4 Å². The van der Waals surface area contributed by atoms with E-state index in [4.69, 9.17) is 13.6 Å². The van der Waals surface area contributed by atoms with Crippen LogP contribution in [-0.4, -0.2) is 16.2 Å². The van der Waals surface area contributed by atoms with Crippen molar-refractivity contribution in [1.29, 1.82) is 0 Å². The second-order valence-corrected chi connectivity index (χ2v) is 6.34. The number of aromatic nitrogens is 2. The number of hydrogen-bond acceptors (Lipinski definition) is 6. The van der Waals surface area contributed by atoms with Gasteiger partial charge in [0, 0.05) is 16.5 Å². The summed E-state index contributed by atoms with van der Waals surface area (Å²) in [6.45, 7) is 0. The Kier molecular flexibility index (Phi) is 3.87. The summed E-state index contributed by atoms with van der Waals surface area (Å²) in [5.74, 6) is 0.502. The molecule has 0 aliphatic heterocycles. The van der Waals surface area contributed by atoms with Crippen molar-refractivity contribution in [3.8, 4) is 17.2 Å². The molecule has 0 bridgehead atoms. The van der Waals surface area contributed by atoms with E-state index in [9.17, 15) is 4.79 Å². The maximum atomic E-state index is 12.5. The molecule has 0 saturated carbocycles. The highest BCUT2D eigenvalue weighted by Gasteiger charge is 2.15. The van der Waals surface area contributed by atoms with Gasteiger partial charge >= 0.3 is 5.97 Å². The first kappa shape index (κ1) is 16.3. The fourth-order valence-corrected chi connectivity index (χ4v) is 3.29. The maximum Gasteiger partial charge on any atom is 0.315 e. The number of carbonyl (C=O) groups excluding carboxylic acids is 1. The van der Waals surface area contributed by atoms with Gasteiger partial charge in [-0.25, -0.2) is 0 Å². The largest absolute Gasteiger partial charge is 0.464 e. The molecule has 0 spiro atoms. The zero-order valence-electron chi connectivity index (χ0n) is 14.7. The van der Waals surface area contributed by atoms with E-state index >= 15 is 0 Å². The van der Waals surface area contributed by atoms with Crippen LogP contribution in [0.2, 0.25) is 0 Å². The lowest BCUT2D eigenvalue weighted by Crippen LogP contribution is -2.10. The monoisotopic (exact) mass is 370 g/mol. The van der Waals surface area contributed by atoms with Gasteiger partial charge < -0.3 is 13.6 Å². The molecule has 0 atom stereocenters. The van der Waals surface area contributed by atoms with Crippen LogP contribution in [0.4, 0.5) is 0 Å². The van der Waals surface area contributed by atoms with Crippen molar-refractivity contribution >= 4 is 27.7 Å². The zero-order chi connectivity index (χ0) is 18.9. The van der Waals surface area contributed by atoms with E-state index in [0.717, 1.165) is 32.9 Å². The molecule has 5 aromatic rings. The summed E-state index contributed by atoms with van der Waals surface area (Å²) >= 11 is 0. The lowest BCUT2D eigenvalue weighted by Gasteiger charge is -2.05. The number of rotatable bonds is 4. The predicted octanol–water partition coefficient (Wildman–Crippen LogP) is 4.78. The molecule has 0 N–H and O–H groups in total. The maximum absolute atomic E-state index is 12.5. The predicted molar refractivity (Wildman–Crippen MR) is 103 cm³/mol. The number of ether oxygens (including phenoxy) is 1. The second kappa shape index (κ2) is 6.66. The molecule has 6 nitrogen and oxygen atoms in total. The molecular formula is C22H14N2O4. The Morgan fingerprint density at radius 1 is 0.964 bits per heavy atom. The van der Waals surface area contributed by atoms with Crippen LogP contribution in [0.25, 0.3) is 33.2 Å². The first-order valence-corrected chi connectivity index (χ1v) is 8.73. The Balaban J connectivity index is 1.38. The average Bonchev–Trinajstić information content (AvgIpc) is 3.39. The third kappa shape index (κ3) is 2.91. The molecule has 136 valence electrons. The highest BCUT2D eigenvalue weighted by molar-refractivity contribution is 6.08. The summed E-state index contributed by atoms with van der Waals surface area (Å²) in [6, 6.07) is 18.9. The fraction of sp³-hybridized carbons (Fsp3) is 0.0455. The quantitative estimate of drug-likeness (QED) is 0.334. The smallest absolute Gasteiger partial charge is 0.315 e.